The van der Waals surface area contributed by atoms with Crippen LogP contribution in [0.2, 0.25) is 0 Å². The molecular weight excluding hydrogens is 178 g/mol. The summed E-state index contributed by atoms with van der Waals surface area (Å²) in [6, 6.07) is 0. The van der Waals surface area contributed by atoms with Gasteiger partial charge in [0.25, 0.3) is 0 Å². The van der Waals surface area contributed by atoms with E-state index in [1.807, 2.05) is 0 Å². The lowest BCUT2D eigenvalue weighted by Crippen LogP contribution is -2.27. The maximum atomic E-state index is 5.56. The molecule has 3 heteroatoms. The molecule has 0 spiro atoms. The van der Waals surface area contributed by atoms with Gasteiger partial charge in [0.15, 0.2) is 0 Å². The van der Waals surface area contributed by atoms with Crippen molar-refractivity contribution in [2.45, 2.75) is 32.8 Å². The average molecular weight is 201 g/mol. The lowest BCUT2D eigenvalue weighted by Gasteiger charge is -2.12. The molecule has 1 fully saturated rings. The van der Waals surface area contributed by atoms with Gasteiger partial charge >= 0.3 is 0 Å². The molecule has 0 aromatic carbocycles. The molecule has 0 aromatic rings. The summed E-state index contributed by atoms with van der Waals surface area (Å²) >= 11 is 0. The molecule has 1 aliphatic heterocycles. The third-order valence-corrected chi connectivity index (χ3v) is 2.71. The molecule has 14 heavy (non-hydrogen) atoms. The first-order chi connectivity index (χ1) is 6.83. The summed E-state index contributed by atoms with van der Waals surface area (Å²) in [5, 5.41) is 3.40. The van der Waals surface area contributed by atoms with Crippen molar-refractivity contribution in [3.8, 4) is 0 Å². The second-order valence-electron chi connectivity index (χ2n) is 4.02. The molecule has 1 saturated heterocycles. The summed E-state index contributed by atoms with van der Waals surface area (Å²) in [5.74, 6) is 0.721. The minimum absolute atomic E-state index is 0.395. The minimum atomic E-state index is 0.395. The Balaban J connectivity index is 1.84. The van der Waals surface area contributed by atoms with Gasteiger partial charge < -0.3 is 14.8 Å². The van der Waals surface area contributed by atoms with Crippen LogP contribution in [0.3, 0.4) is 0 Å². The number of hydrogen-bond acceptors (Lipinski definition) is 3. The van der Waals surface area contributed by atoms with Crippen LogP contribution < -0.4 is 5.32 Å². The third kappa shape index (κ3) is 4.94. The van der Waals surface area contributed by atoms with E-state index in [0.717, 1.165) is 45.2 Å². The van der Waals surface area contributed by atoms with E-state index in [4.69, 9.17) is 9.47 Å². The van der Waals surface area contributed by atoms with Crippen LogP contribution in [0.25, 0.3) is 0 Å². The van der Waals surface area contributed by atoms with E-state index in [0.29, 0.717) is 6.10 Å². The van der Waals surface area contributed by atoms with Gasteiger partial charge in [-0.2, -0.15) is 0 Å². The summed E-state index contributed by atoms with van der Waals surface area (Å²) < 4.78 is 10.9. The van der Waals surface area contributed by atoms with E-state index in [-0.39, 0.29) is 0 Å². The van der Waals surface area contributed by atoms with Gasteiger partial charge in [-0.15, -0.1) is 0 Å². The van der Waals surface area contributed by atoms with Gasteiger partial charge in [0.1, 0.15) is 0 Å². The first kappa shape index (κ1) is 12.0. The Morgan fingerprint density at radius 2 is 2.43 bits per heavy atom. The van der Waals surface area contributed by atoms with Crippen LogP contribution in [0.4, 0.5) is 0 Å². The maximum absolute atomic E-state index is 5.56. The highest BCUT2D eigenvalue weighted by atomic mass is 16.5. The molecule has 3 nitrogen and oxygen atoms in total. The van der Waals surface area contributed by atoms with E-state index in [9.17, 15) is 0 Å². The van der Waals surface area contributed by atoms with Crippen LogP contribution in [-0.2, 0) is 9.47 Å². The number of ether oxygens (including phenoxy) is 2. The van der Waals surface area contributed by atoms with Gasteiger partial charge in [-0.3, -0.25) is 0 Å². The van der Waals surface area contributed by atoms with Crippen LogP contribution >= 0.6 is 0 Å². The Hall–Kier alpha value is -0.120. The van der Waals surface area contributed by atoms with Crippen LogP contribution in [0.5, 0.6) is 0 Å². The topological polar surface area (TPSA) is 30.5 Å². The second kappa shape index (κ2) is 7.21. The van der Waals surface area contributed by atoms with Crippen molar-refractivity contribution >= 4 is 0 Å². The predicted octanol–water partition coefficient (Wildman–Crippen LogP) is 1.43. The van der Waals surface area contributed by atoms with Crippen LogP contribution in [0.1, 0.15) is 26.7 Å². The molecular formula is C11H23NO2. The molecule has 2 unspecified atom stereocenters. The van der Waals surface area contributed by atoms with Gasteiger partial charge in [-0.1, -0.05) is 6.92 Å². The monoisotopic (exact) mass is 201 g/mol. The summed E-state index contributed by atoms with van der Waals surface area (Å²) in [6.07, 6.45) is 2.70. The average Bonchev–Trinajstić information content (AvgIpc) is 2.69. The molecule has 84 valence electrons. The van der Waals surface area contributed by atoms with E-state index >= 15 is 0 Å². The van der Waals surface area contributed by atoms with E-state index in [2.05, 4.69) is 19.2 Å². The normalized spacial score (nSPS) is 24.0. The zero-order valence-corrected chi connectivity index (χ0v) is 9.42. The van der Waals surface area contributed by atoms with E-state index < -0.39 is 0 Å². The molecule has 1 aliphatic rings. The van der Waals surface area contributed by atoms with Crippen molar-refractivity contribution in [2.75, 3.05) is 32.9 Å². The van der Waals surface area contributed by atoms with Gasteiger partial charge in [0.05, 0.1) is 19.3 Å². The fraction of sp³-hybridized carbons (Fsp3) is 1.00. The number of rotatable bonds is 7. The minimum Gasteiger partial charge on any atom is -0.381 e. The summed E-state index contributed by atoms with van der Waals surface area (Å²) in [5.41, 5.74) is 0. The molecule has 0 bridgehead atoms. The molecule has 0 amide bonds. The Bertz CT molecular complexity index is 135. The van der Waals surface area contributed by atoms with Crippen molar-refractivity contribution < 1.29 is 9.47 Å². The zero-order valence-electron chi connectivity index (χ0n) is 9.42. The zero-order chi connectivity index (χ0) is 10.2. The highest BCUT2D eigenvalue weighted by Crippen LogP contribution is 2.10. The van der Waals surface area contributed by atoms with Crippen molar-refractivity contribution in [1.82, 2.24) is 5.32 Å². The Labute approximate surface area is 87.2 Å². The van der Waals surface area contributed by atoms with Gasteiger partial charge in [0.2, 0.25) is 0 Å². The fourth-order valence-corrected chi connectivity index (χ4v) is 1.50. The van der Waals surface area contributed by atoms with Crippen molar-refractivity contribution in [3.63, 3.8) is 0 Å². The van der Waals surface area contributed by atoms with Crippen LogP contribution in [0, 0.1) is 5.92 Å². The summed E-state index contributed by atoms with van der Waals surface area (Å²) in [4.78, 5) is 0. The third-order valence-electron chi connectivity index (χ3n) is 2.71. The standard InChI is InChI=1S/C11H23NO2/c1-3-10(2)14-7-5-12-8-11-4-6-13-9-11/h10-12H,3-9H2,1-2H3. The number of nitrogens with one attached hydrogen (secondary N) is 1. The molecule has 0 aliphatic carbocycles. The summed E-state index contributed by atoms with van der Waals surface area (Å²) in [7, 11) is 0. The van der Waals surface area contributed by atoms with Gasteiger partial charge in [-0.25, -0.2) is 0 Å². The second-order valence-corrected chi connectivity index (χ2v) is 4.02. The lowest BCUT2D eigenvalue weighted by molar-refractivity contribution is 0.0651. The fourth-order valence-electron chi connectivity index (χ4n) is 1.50. The Morgan fingerprint density at radius 3 is 3.07 bits per heavy atom. The lowest BCUT2D eigenvalue weighted by atomic mass is 10.1. The molecule has 1 N–H and O–H groups in total. The van der Waals surface area contributed by atoms with Crippen LogP contribution in [0.15, 0.2) is 0 Å². The molecule has 0 saturated carbocycles. The van der Waals surface area contributed by atoms with Crippen molar-refractivity contribution in [3.05, 3.63) is 0 Å². The Morgan fingerprint density at radius 1 is 1.57 bits per heavy atom. The van der Waals surface area contributed by atoms with Gasteiger partial charge in [0, 0.05) is 19.7 Å². The highest BCUT2D eigenvalue weighted by Gasteiger charge is 2.14. The smallest absolute Gasteiger partial charge is 0.0594 e. The SMILES string of the molecule is CCC(C)OCCNCC1CCOC1. The number of hydrogen-bond donors (Lipinski definition) is 1. The molecule has 1 heterocycles. The molecule has 0 radical (unpaired) electrons. The first-order valence-electron chi connectivity index (χ1n) is 5.73. The molecule has 0 aromatic heterocycles. The maximum Gasteiger partial charge on any atom is 0.0594 e. The van der Waals surface area contributed by atoms with Gasteiger partial charge in [-0.05, 0) is 25.7 Å². The quantitative estimate of drug-likeness (QED) is 0.632. The van der Waals surface area contributed by atoms with Crippen molar-refractivity contribution in [2.24, 2.45) is 5.92 Å². The van der Waals surface area contributed by atoms with Crippen molar-refractivity contribution in [1.29, 1.82) is 0 Å². The first-order valence-corrected chi connectivity index (χ1v) is 5.73. The Kier molecular flexibility index (Phi) is 6.15. The predicted molar refractivity (Wildman–Crippen MR) is 57.5 cm³/mol. The van der Waals surface area contributed by atoms with Crippen LogP contribution in [-0.4, -0.2) is 39.0 Å². The van der Waals surface area contributed by atoms with E-state index in [1.54, 1.807) is 0 Å². The molecule has 1 rings (SSSR count). The van der Waals surface area contributed by atoms with E-state index in [1.165, 1.54) is 6.42 Å². The summed E-state index contributed by atoms with van der Waals surface area (Å²) in [6.45, 7) is 8.99. The largest absolute Gasteiger partial charge is 0.381 e. The molecule has 2 atom stereocenters. The highest BCUT2D eigenvalue weighted by molar-refractivity contribution is 4.66.